The van der Waals surface area contributed by atoms with Crippen molar-refractivity contribution in [3.8, 4) is 11.4 Å². The molecule has 0 unspecified atom stereocenters. The van der Waals surface area contributed by atoms with Crippen molar-refractivity contribution >= 4 is 21.7 Å². The Bertz CT molecular complexity index is 1310. The molecular formula is C21H24N8O2S. The summed E-state index contributed by atoms with van der Waals surface area (Å²) in [5, 5.41) is 7.17. The Hall–Kier alpha value is -3.57. The van der Waals surface area contributed by atoms with E-state index in [-0.39, 0.29) is 11.4 Å². The third-order valence-corrected chi connectivity index (χ3v) is 6.48. The Kier molecular flexibility index (Phi) is 6.01. The molecule has 0 spiro atoms. The topological polar surface area (TPSA) is 120 Å². The molecule has 3 aromatic heterocycles. The second-order valence-electron chi connectivity index (χ2n) is 7.23. The lowest BCUT2D eigenvalue weighted by atomic mass is 10.2. The Morgan fingerprint density at radius 2 is 1.81 bits per heavy atom. The number of anilines is 2. The first-order valence-corrected chi connectivity index (χ1v) is 11.5. The highest BCUT2D eigenvalue weighted by molar-refractivity contribution is 7.89. The third kappa shape index (κ3) is 4.68. The van der Waals surface area contributed by atoms with Gasteiger partial charge in [0, 0.05) is 37.9 Å². The monoisotopic (exact) mass is 452 g/mol. The first-order valence-electron chi connectivity index (χ1n) is 10.0. The van der Waals surface area contributed by atoms with Crippen LogP contribution in [0.15, 0.2) is 59.9 Å². The van der Waals surface area contributed by atoms with Gasteiger partial charge < -0.3 is 9.88 Å². The van der Waals surface area contributed by atoms with E-state index in [0.29, 0.717) is 18.2 Å². The van der Waals surface area contributed by atoms with Crippen LogP contribution in [-0.4, -0.2) is 44.3 Å². The highest BCUT2D eigenvalue weighted by Crippen LogP contribution is 2.23. The number of nitrogens with zero attached hydrogens (tertiary/aromatic N) is 6. The molecule has 11 heteroatoms. The van der Waals surface area contributed by atoms with E-state index in [9.17, 15) is 8.42 Å². The first kappa shape index (κ1) is 21.7. The molecule has 10 nitrogen and oxygen atoms in total. The summed E-state index contributed by atoms with van der Waals surface area (Å²) in [4.78, 5) is 13.5. The Labute approximate surface area is 186 Å². The van der Waals surface area contributed by atoms with Gasteiger partial charge in [-0.05, 0) is 50.2 Å². The minimum Gasteiger partial charge on any atom is -0.330 e. The molecule has 32 heavy (non-hydrogen) atoms. The third-order valence-electron chi connectivity index (χ3n) is 5.00. The van der Waals surface area contributed by atoms with Crippen LogP contribution in [0.4, 0.5) is 11.6 Å². The molecule has 0 fully saturated rings. The quantitative estimate of drug-likeness (QED) is 0.421. The number of aromatic nitrogens is 6. The normalized spacial score (nSPS) is 11.6. The summed E-state index contributed by atoms with van der Waals surface area (Å²) in [7, 11) is -1.67. The summed E-state index contributed by atoms with van der Waals surface area (Å²) in [6.07, 6.45) is 5.11. The zero-order valence-corrected chi connectivity index (χ0v) is 18.8. The van der Waals surface area contributed by atoms with Crippen LogP contribution in [0.3, 0.4) is 0 Å². The minimum atomic E-state index is -3.61. The molecule has 4 aromatic rings. The van der Waals surface area contributed by atoms with E-state index in [4.69, 9.17) is 0 Å². The van der Waals surface area contributed by atoms with Crippen LogP contribution in [0, 0.1) is 13.8 Å². The summed E-state index contributed by atoms with van der Waals surface area (Å²) >= 11 is 0. The highest BCUT2D eigenvalue weighted by atomic mass is 32.2. The average Bonchev–Trinajstić information content (AvgIpc) is 3.36. The fourth-order valence-electron chi connectivity index (χ4n) is 3.34. The summed E-state index contributed by atoms with van der Waals surface area (Å²) in [5.41, 5.74) is 3.25. The van der Waals surface area contributed by atoms with E-state index in [1.165, 1.54) is 12.1 Å². The molecule has 0 saturated heterocycles. The van der Waals surface area contributed by atoms with E-state index < -0.39 is 10.0 Å². The van der Waals surface area contributed by atoms with Crippen LogP contribution >= 0.6 is 0 Å². The second-order valence-corrected chi connectivity index (χ2v) is 9.00. The molecule has 0 aliphatic heterocycles. The van der Waals surface area contributed by atoms with Crippen LogP contribution in [0.25, 0.3) is 11.4 Å². The van der Waals surface area contributed by atoms with E-state index >= 15 is 0 Å². The molecule has 166 valence electrons. The van der Waals surface area contributed by atoms with Gasteiger partial charge in [0.1, 0.15) is 5.82 Å². The van der Waals surface area contributed by atoms with Gasteiger partial charge in [0.15, 0.2) is 0 Å². The molecule has 3 heterocycles. The van der Waals surface area contributed by atoms with Crippen molar-refractivity contribution in [2.75, 3.05) is 11.9 Å². The van der Waals surface area contributed by atoms with Crippen LogP contribution < -0.4 is 10.0 Å². The molecular weight excluding hydrogens is 428 g/mol. The van der Waals surface area contributed by atoms with Gasteiger partial charge in [-0.3, -0.25) is 4.68 Å². The molecule has 0 aliphatic carbocycles. The van der Waals surface area contributed by atoms with Crippen LogP contribution in [-0.2, 0) is 23.6 Å². The van der Waals surface area contributed by atoms with Gasteiger partial charge in [-0.25, -0.2) is 28.1 Å². The van der Waals surface area contributed by atoms with E-state index in [1.807, 2.05) is 31.5 Å². The maximum atomic E-state index is 12.5. The van der Waals surface area contributed by atoms with Crippen molar-refractivity contribution in [3.05, 3.63) is 66.5 Å². The number of rotatable bonds is 8. The van der Waals surface area contributed by atoms with Gasteiger partial charge in [-0.1, -0.05) is 0 Å². The van der Waals surface area contributed by atoms with E-state index in [2.05, 4.69) is 30.1 Å². The van der Waals surface area contributed by atoms with Crippen molar-refractivity contribution in [2.24, 2.45) is 7.05 Å². The van der Waals surface area contributed by atoms with Crippen molar-refractivity contribution in [3.63, 3.8) is 0 Å². The van der Waals surface area contributed by atoms with Gasteiger partial charge in [-0.2, -0.15) is 5.10 Å². The van der Waals surface area contributed by atoms with Gasteiger partial charge in [-0.15, -0.1) is 0 Å². The van der Waals surface area contributed by atoms with E-state index in [0.717, 1.165) is 22.9 Å². The fourth-order valence-corrected chi connectivity index (χ4v) is 4.36. The highest BCUT2D eigenvalue weighted by Gasteiger charge is 2.15. The second kappa shape index (κ2) is 8.89. The molecule has 0 atom stereocenters. The van der Waals surface area contributed by atoms with Crippen molar-refractivity contribution in [2.45, 2.75) is 25.3 Å². The lowest BCUT2D eigenvalue weighted by Gasteiger charge is -2.10. The van der Waals surface area contributed by atoms with Gasteiger partial charge in [0.25, 0.3) is 0 Å². The first-order chi connectivity index (χ1) is 15.3. The summed E-state index contributed by atoms with van der Waals surface area (Å²) < 4.78 is 31.2. The molecule has 0 amide bonds. The number of hydrogen-bond donors (Lipinski definition) is 2. The largest absolute Gasteiger partial charge is 0.330 e. The number of aryl methyl sites for hydroxylation is 2. The molecule has 0 bridgehead atoms. The lowest BCUT2D eigenvalue weighted by molar-refractivity contribution is 0.561. The number of imidazole rings is 1. The van der Waals surface area contributed by atoms with Gasteiger partial charge >= 0.3 is 0 Å². The van der Waals surface area contributed by atoms with Gasteiger partial charge in [0.2, 0.25) is 16.0 Å². The number of benzene rings is 1. The Balaban J connectivity index is 1.44. The van der Waals surface area contributed by atoms with Crippen LogP contribution in [0.1, 0.15) is 11.5 Å². The SMILES string of the molecule is Cc1nc(C)n(C)c1-c1ccnc(Nc2ccc(S(=O)(=O)NCCn3cccn3)cc2)n1. The molecule has 0 radical (unpaired) electrons. The summed E-state index contributed by atoms with van der Waals surface area (Å²) in [5.74, 6) is 1.31. The molecule has 4 rings (SSSR count). The van der Waals surface area contributed by atoms with Crippen molar-refractivity contribution < 1.29 is 8.42 Å². The van der Waals surface area contributed by atoms with Crippen LogP contribution in [0.2, 0.25) is 0 Å². The standard InChI is InChI=1S/C21H24N8O2S/c1-15-20(28(3)16(2)25-15)19-9-11-22-21(27-19)26-17-5-7-18(8-6-17)32(30,31)24-12-14-29-13-4-10-23-29/h4-11,13,24H,12,14H2,1-3H3,(H,22,26,27). The number of hydrogen-bond acceptors (Lipinski definition) is 7. The lowest BCUT2D eigenvalue weighted by Crippen LogP contribution is -2.27. The fraction of sp³-hybridized carbons (Fsp3) is 0.238. The zero-order valence-electron chi connectivity index (χ0n) is 18.0. The minimum absolute atomic E-state index is 0.180. The molecule has 0 aliphatic rings. The zero-order chi connectivity index (χ0) is 22.7. The number of sulfonamides is 1. The Morgan fingerprint density at radius 1 is 1.03 bits per heavy atom. The predicted octanol–water partition coefficient (Wildman–Crippen LogP) is 2.41. The smallest absolute Gasteiger partial charge is 0.240 e. The Morgan fingerprint density at radius 3 is 2.47 bits per heavy atom. The predicted molar refractivity (Wildman–Crippen MR) is 121 cm³/mol. The summed E-state index contributed by atoms with van der Waals surface area (Å²) in [6, 6.07) is 10.1. The van der Waals surface area contributed by atoms with Crippen molar-refractivity contribution in [1.82, 2.24) is 34.0 Å². The molecule has 2 N–H and O–H groups in total. The van der Waals surface area contributed by atoms with Crippen molar-refractivity contribution in [1.29, 1.82) is 0 Å². The summed E-state index contributed by atoms with van der Waals surface area (Å²) in [6.45, 7) is 4.59. The number of nitrogens with one attached hydrogen (secondary N) is 2. The molecule has 1 aromatic carbocycles. The average molecular weight is 453 g/mol. The van der Waals surface area contributed by atoms with E-state index in [1.54, 1.807) is 41.5 Å². The maximum Gasteiger partial charge on any atom is 0.240 e. The van der Waals surface area contributed by atoms with Crippen LogP contribution in [0.5, 0.6) is 0 Å². The maximum absolute atomic E-state index is 12.5. The van der Waals surface area contributed by atoms with Gasteiger partial charge in [0.05, 0.1) is 28.5 Å². The molecule has 0 saturated carbocycles.